The Balaban J connectivity index is 1.39. The highest BCUT2D eigenvalue weighted by molar-refractivity contribution is 5.97. The van der Waals surface area contributed by atoms with Crippen LogP contribution in [0.4, 0.5) is 0 Å². The van der Waals surface area contributed by atoms with Gasteiger partial charge in [0.15, 0.2) is 11.3 Å². The van der Waals surface area contributed by atoms with Crippen molar-refractivity contribution in [3.8, 4) is 17.5 Å². The van der Waals surface area contributed by atoms with E-state index in [-0.39, 0.29) is 17.7 Å². The number of methoxy groups -OCH3 is 2. The average molecular weight is 425 g/mol. The van der Waals surface area contributed by atoms with Crippen LogP contribution in [-0.4, -0.2) is 42.2 Å². The molecule has 9 nitrogen and oxygen atoms in total. The summed E-state index contributed by atoms with van der Waals surface area (Å²) in [5.41, 5.74) is -0.395. The number of benzene rings is 1. The molecule has 2 aromatic heterocycles. The fraction of sp³-hybridized carbons (Fsp3) is 0.364. The van der Waals surface area contributed by atoms with Gasteiger partial charge in [0.2, 0.25) is 0 Å². The zero-order valence-corrected chi connectivity index (χ0v) is 17.3. The molecule has 162 valence electrons. The Morgan fingerprint density at radius 2 is 1.81 bits per heavy atom. The standard InChI is InChI=1S/C22H23N3O6/c1-28-17-5-3-4-13-12-16(22(27)31-18(13)17)19(26)25-14-6-8-15(9-7-14)30-21-20(29-2)23-10-11-24-21/h3-5,10-12,14-15H,6-9H2,1-2H3,(H,25,26). The average Bonchev–Trinajstić information content (AvgIpc) is 2.79. The molecule has 4 rings (SSSR count). The Morgan fingerprint density at radius 3 is 2.52 bits per heavy atom. The fourth-order valence-corrected chi connectivity index (χ4v) is 3.72. The van der Waals surface area contributed by atoms with Crippen LogP contribution in [0.15, 0.2) is 45.9 Å². The van der Waals surface area contributed by atoms with Gasteiger partial charge in [0.05, 0.1) is 14.2 Å². The predicted octanol–water partition coefficient (Wildman–Crippen LogP) is 2.72. The van der Waals surface area contributed by atoms with Gasteiger partial charge >= 0.3 is 5.63 Å². The number of carbonyl (C=O) groups excluding carboxylic acids is 1. The predicted molar refractivity (Wildman–Crippen MR) is 112 cm³/mol. The third-order valence-corrected chi connectivity index (χ3v) is 5.30. The van der Waals surface area contributed by atoms with Crippen LogP contribution in [0.5, 0.6) is 17.5 Å². The number of rotatable bonds is 6. The molecule has 1 N–H and O–H groups in total. The van der Waals surface area contributed by atoms with Crippen LogP contribution in [-0.2, 0) is 0 Å². The molecule has 1 fully saturated rings. The monoisotopic (exact) mass is 425 g/mol. The minimum Gasteiger partial charge on any atom is -0.493 e. The Bertz CT molecular complexity index is 1140. The molecule has 1 aromatic carbocycles. The van der Waals surface area contributed by atoms with Crippen LogP contribution in [0.1, 0.15) is 36.0 Å². The number of carbonyl (C=O) groups is 1. The molecule has 3 aromatic rings. The minimum atomic E-state index is -0.693. The highest BCUT2D eigenvalue weighted by Gasteiger charge is 2.26. The summed E-state index contributed by atoms with van der Waals surface area (Å²) < 4.78 is 21.6. The first-order valence-electron chi connectivity index (χ1n) is 10.0. The van der Waals surface area contributed by atoms with Crippen molar-refractivity contribution in [2.45, 2.75) is 37.8 Å². The van der Waals surface area contributed by atoms with Gasteiger partial charge in [-0.15, -0.1) is 0 Å². The molecule has 0 bridgehead atoms. The number of hydrogen-bond donors (Lipinski definition) is 1. The summed E-state index contributed by atoms with van der Waals surface area (Å²) in [5, 5.41) is 3.56. The van der Waals surface area contributed by atoms with E-state index < -0.39 is 11.5 Å². The van der Waals surface area contributed by atoms with Gasteiger partial charge in [-0.05, 0) is 37.8 Å². The van der Waals surface area contributed by atoms with Crippen molar-refractivity contribution in [2.24, 2.45) is 0 Å². The van der Waals surface area contributed by atoms with Gasteiger partial charge in [0.25, 0.3) is 17.7 Å². The zero-order chi connectivity index (χ0) is 21.8. The molecule has 1 aliphatic rings. The molecule has 1 saturated carbocycles. The molecule has 0 atom stereocenters. The van der Waals surface area contributed by atoms with E-state index >= 15 is 0 Å². The second-order valence-corrected chi connectivity index (χ2v) is 7.26. The molecule has 1 aliphatic carbocycles. The summed E-state index contributed by atoms with van der Waals surface area (Å²) in [6, 6.07) is 6.71. The van der Waals surface area contributed by atoms with Gasteiger partial charge in [-0.2, -0.15) is 0 Å². The summed E-state index contributed by atoms with van der Waals surface area (Å²) in [4.78, 5) is 33.3. The lowest BCUT2D eigenvalue weighted by Gasteiger charge is -2.29. The number of nitrogens with zero attached hydrogens (tertiary/aromatic N) is 2. The maximum atomic E-state index is 12.7. The Labute approximate surface area is 178 Å². The third kappa shape index (κ3) is 4.45. The first kappa shape index (κ1) is 20.6. The van der Waals surface area contributed by atoms with Crippen molar-refractivity contribution in [1.29, 1.82) is 0 Å². The zero-order valence-electron chi connectivity index (χ0n) is 17.3. The maximum absolute atomic E-state index is 12.7. The van der Waals surface area contributed by atoms with E-state index in [9.17, 15) is 9.59 Å². The van der Waals surface area contributed by atoms with Crippen molar-refractivity contribution < 1.29 is 23.4 Å². The van der Waals surface area contributed by atoms with Crippen molar-refractivity contribution in [3.63, 3.8) is 0 Å². The smallest absolute Gasteiger partial charge is 0.349 e. The van der Waals surface area contributed by atoms with Crippen molar-refractivity contribution >= 4 is 16.9 Å². The third-order valence-electron chi connectivity index (χ3n) is 5.30. The summed E-state index contributed by atoms with van der Waals surface area (Å²) in [6.45, 7) is 0. The lowest BCUT2D eigenvalue weighted by Crippen LogP contribution is -2.41. The van der Waals surface area contributed by atoms with Crippen LogP contribution in [0.2, 0.25) is 0 Å². The molecule has 9 heteroatoms. The Kier molecular flexibility index (Phi) is 6.01. The van der Waals surface area contributed by atoms with E-state index in [2.05, 4.69) is 15.3 Å². The molecule has 0 aliphatic heterocycles. The van der Waals surface area contributed by atoms with Crippen LogP contribution in [0.3, 0.4) is 0 Å². The molecule has 31 heavy (non-hydrogen) atoms. The van der Waals surface area contributed by atoms with Crippen LogP contribution in [0.25, 0.3) is 11.0 Å². The summed E-state index contributed by atoms with van der Waals surface area (Å²) >= 11 is 0. The van der Waals surface area contributed by atoms with Crippen molar-refractivity contribution in [2.75, 3.05) is 14.2 Å². The molecule has 2 heterocycles. The topological polar surface area (TPSA) is 113 Å². The molecule has 0 radical (unpaired) electrons. The lowest BCUT2D eigenvalue weighted by atomic mass is 9.92. The Morgan fingerprint density at radius 1 is 1.06 bits per heavy atom. The number of aromatic nitrogens is 2. The SMILES string of the molecule is COc1nccnc1OC1CCC(NC(=O)c2cc3cccc(OC)c3oc2=O)CC1. The van der Waals surface area contributed by atoms with Crippen LogP contribution >= 0.6 is 0 Å². The van der Waals surface area contributed by atoms with E-state index in [0.717, 1.165) is 12.8 Å². The number of hydrogen-bond acceptors (Lipinski definition) is 8. The molecular formula is C22H23N3O6. The highest BCUT2D eigenvalue weighted by Crippen LogP contribution is 2.28. The van der Waals surface area contributed by atoms with Crippen molar-refractivity contribution in [1.82, 2.24) is 15.3 Å². The van der Waals surface area contributed by atoms with E-state index in [1.54, 1.807) is 24.4 Å². The molecule has 0 spiro atoms. The summed E-state index contributed by atoms with van der Waals surface area (Å²) in [6.07, 6.45) is 5.93. The lowest BCUT2D eigenvalue weighted by molar-refractivity contribution is 0.0883. The van der Waals surface area contributed by atoms with Crippen LogP contribution < -0.4 is 25.2 Å². The minimum absolute atomic E-state index is 0.0246. The van der Waals surface area contributed by atoms with Crippen molar-refractivity contribution in [3.05, 3.63) is 52.6 Å². The van der Waals surface area contributed by atoms with Gasteiger partial charge in [-0.25, -0.2) is 14.8 Å². The normalized spacial score (nSPS) is 18.4. The summed E-state index contributed by atoms with van der Waals surface area (Å²) in [7, 11) is 3.01. The van der Waals surface area contributed by atoms with Gasteiger partial charge in [0.1, 0.15) is 11.7 Å². The first-order chi connectivity index (χ1) is 15.1. The van der Waals surface area contributed by atoms with Gasteiger partial charge in [0, 0.05) is 23.8 Å². The second-order valence-electron chi connectivity index (χ2n) is 7.26. The Hall–Kier alpha value is -3.62. The van der Waals surface area contributed by atoms with E-state index in [1.165, 1.54) is 26.5 Å². The number of fused-ring (bicyclic) bond motifs is 1. The molecule has 0 unspecified atom stereocenters. The maximum Gasteiger partial charge on any atom is 0.349 e. The fourth-order valence-electron chi connectivity index (χ4n) is 3.72. The number of amides is 1. The number of nitrogens with one attached hydrogen (secondary N) is 1. The molecular weight excluding hydrogens is 402 g/mol. The van der Waals surface area contributed by atoms with E-state index in [0.29, 0.717) is 41.3 Å². The molecule has 0 saturated heterocycles. The molecule has 1 amide bonds. The first-order valence-corrected chi connectivity index (χ1v) is 10.0. The highest BCUT2D eigenvalue weighted by atomic mass is 16.5. The largest absolute Gasteiger partial charge is 0.493 e. The number of para-hydroxylation sites is 1. The van der Waals surface area contributed by atoms with E-state index in [4.69, 9.17) is 18.6 Å². The van der Waals surface area contributed by atoms with Gasteiger partial charge < -0.3 is 23.9 Å². The number of ether oxygens (including phenoxy) is 3. The van der Waals surface area contributed by atoms with Gasteiger partial charge in [-0.3, -0.25) is 4.79 Å². The van der Waals surface area contributed by atoms with Crippen LogP contribution in [0, 0.1) is 0 Å². The van der Waals surface area contributed by atoms with E-state index in [1.807, 2.05) is 0 Å². The summed E-state index contributed by atoms with van der Waals surface area (Å²) in [5.74, 6) is 0.706. The van der Waals surface area contributed by atoms with Gasteiger partial charge in [-0.1, -0.05) is 12.1 Å². The quantitative estimate of drug-likeness (QED) is 0.600. The second kappa shape index (κ2) is 9.03.